The molecule has 0 fully saturated rings. The zero-order chi connectivity index (χ0) is 24.7. The third-order valence-electron chi connectivity index (χ3n) is 5.63. The molecular formula is C28H28FNO4. The molecule has 5 nitrogen and oxygen atoms in total. The summed E-state index contributed by atoms with van der Waals surface area (Å²) in [5.41, 5.74) is 4.04. The van der Waals surface area contributed by atoms with E-state index in [1.807, 2.05) is 24.3 Å². The first kappa shape index (κ1) is 25.0. The minimum absolute atomic E-state index is 0.101. The fraction of sp³-hybridized carbons (Fsp3) is 0.286. The van der Waals surface area contributed by atoms with Gasteiger partial charge in [0, 0.05) is 16.5 Å². The molecule has 0 saturated heterocycles. The molecule has 3 aromatic rings. The summed E-state index contributed by atoms with van der Waals surface area (Å²) in [6, 6.07) is 13.9. The Balaban J connectivity index is 2.06. The molecule has 176 valence electrons. The van der Waals surface area contributed by atoms with Crippen molar-refractivity contribution in [1.82, 2.24) is 4.98 Å². The Morgan fingerprint density at radius 2 is 1.74 bits per heavy atom. The van der Waals surface area contributed by atoms with Crippen LogP contribution in [0, 0.1) is 5.82 Å². The summed E-state index contributed by atoms with van der Waals surface area (Å²) in [4.78, 5) is 41.0. The van der Waals surface area contributed by atoms with Crippen LogP contribution in [0.2, 0.25) is 0 Å². The Morgan fingerprint density at radius 3 is 2.41 bits per heavy atom. The molecule has 0 N–H and O–H groups in total. The summed E-state index contributed by atoms with van der Waals surface area (Å²) in [5.74, 6) is -1.78. The molecule has 0 aliphatic carbocycles. The number of rotatable bonds is 10. The first-order chi connectivity index (χ1) is 16.3. The van der Waals surface area contributed by atoms with Gasteiger partial charge in [-0.3, -0.25) is 19.4 Å². The summed E-state index contributed by atoms with van der Waals surface area (Å²) >= 11 is 0. The van der Waals surface area contributed by atoms with Crippen LogP contribution in [0.4, 0.5) is 4.39 Å². The van der Waals surface area contributed by atoms with E-state index in [0.717, 1.165) is 39.7 Å². The number of Topliss-reactive ketones (excluding diaryl/α,β-unsaturated/α-hetero) is 1. The molecule has 1 atom stereocenters. The third kappa shape index (κ3) is 6.01. The van der Waals surface area contributed by atoms with E-state index in [4.69, 9.17) is 9.72 Å². The fourth-order valence-electron chi connectivity index (χ4n) is 3.78. The van der Waals surface area contributed by atoms with E-state index >= 15 is 0 Å². The predicted molar refractivity (Wildman–Crippen MR) is 131 cm³/mol. The molecule has 1 heterocycles. The van der Waals surface area contributed by atoms with E-state index in [1.54, 1.807) is 25.1 Å². The summed E-state index contributed by atoms with van der Waals surface area (Å²) in [7, 11) is 0. The normalized spacial score (nSPS) is 12.1. The second-order valence-electron chi connectivity index (χ2n) is 8.12. The van der Waals surface area contributed by atoms with Gasteiger partial charge in [0.15, 0.2) is 11.6 Å². The number of nitrogens with zero attached hydrogens (tertiary/aromatic N) is 1. The number of carbonyl (C=O) groups is 3. The van der Waals surface area contributed by atoms with E-state index in [9.17, 15) is 18.8 Å². The monoisotopic (exact) mass is 461 g/mol. The minimum atomic E-state index is -0.638. The van der Waals surface area contributed by atoms with Gasteiger partial charge in [-0.25, -0.2) is 4.39 Å². The first-order valence-electron chi connectivity index (χ1n) is 11.4. The van der Waals surface area contributed by atoms with Crippen LogP contribution < -0.4 is 0 Å². The average molecular weight is 462 g/mol. The number of esters is 1. The number of pyridine rings is 1. The van der Waals surface area contributed by atoms with E-state index in [1.165, 1.54) is 18.2 Å². The standard InChI is InChI=1S/C28H28FNO4/c1-4-18(3)28-24(15-14-21(31)16-22(32)17-26(33)34-5-2)27(19-10-12-20(29)13-11-19)23-8-6-7-9-25(23)30-28/h6-15,18H,4-5,16-17H2,1-3H3/b15-14+. The topological polar surface area (TPSA) is 73.3 Å². The van der Waals surface area contributed by atoms with Crippen molar-refractivity contribution in [3.05, 3.63) is 71.7 Å². The van der Waals surface area contributed by atoms with Gasteiger partial charge >= 0.3 is 5.97 Å². The molecular weight excluding hydrogens is 433 g/mol. The lowest BCUT2D eigenvalue weighted by Gasteiger charge is -2.19. The van der Waals surface area contributed by atoms with Gasteiger partial charge in [-0.05, 0) is 55.2 Å². The van der Waals surface area contributed by atoms with Crippen LogP contribution in [0.15, 0.2) is 54.6 Å². The molecule has 34 heavy (non-hydrogen) atoms. The molecule has 0 saturated carbocycles. The molecule has 0 radical (unpaired) electrons. The smallest absolute Gasteiger partial charge is 0.313 e. The zero-order valence-corrected chi connectivity index (χ0v) is 19.6. The van der Waals surface area contributed by atoms with Crippen LogP contribution in [-0.2, 0) is 19.1 Å². The number of hydrogen-bond donors (Lipinski definition) is 0. The number of benzene rings is 2. The van der Waals surface area contributed by atoms with Crippen LogP contribution in [0.25, 0.3) is 28.1 Å². The third-order valence-corrected chi connectivity index (χ3v) is 5.63. The number of hydrogen-bond acceptors (Lipinski definition) is 5. The largest absolute Gasteiger partial charge is 0.466 e. The molecule has 0 amide bonds. The van der Waals surface area contributed by atoms with Crippen molar-refractivity contribution < 1.29 is 23.5 Å². The molecule has 0 aliphatic heterocycles. The lowest BCUT2D eigenvalue weighted by atomic mass is 9.89. The Bertz CT molecular complexity index is 1230. The molecule has 0 aliphatic rings. The van der Waals surface area contributed by atoms with Crippen molar-refractivity contribution >= 4 is 34.5 Å². The van der Waals surface area contributed by atoms with Crippen molar-refractivity contribution in [2.24, 2.45) is 0 Å². The van der Waals surface area contributed by atoms with Crippen molar-refractivity contribution in [2.45, 2.75) is 46.0 Å². The summed E-state index contributed by atoms with van der Waals surface area (Å²) < 4.78 is 18.4. The Morgan fingerprint density at radius 1 is 1.03 bits per heavy atom. The van der Waals surface area contributed by atoms with Crippen LogP contribution in [0.3, 0.4) is 0 Å². The Hall–Kier alpha value is -3.67. The van der Waals surface area contributed by atoms with E-state index in [2.05, 4.69) is 13.8 Å². The lowest BCUT2D eigenvalue weighted by molar-refractivity contribution is -0.145. The van der Waals surface area contributed by atoms with Gasteiger partial charge in [-0.1, -0.05) is 44.2 Å². The number of halogens is 1. The van der Waals surface area contributed by atoms with Crippen LogP contribution in [-0.4, -0.2) is 29.1 Å². The zero-order valence-electron chi connectivity index (χ0n) is 19.6. The van der Waals surface area contributed by atoms with Crippen molar-refractivity contribution in [2.75, 3.05) is 6.61 Å². The molecule has 1 aromatic heterocycles. The highest BCUT2D eigenvalue weighted by atomic mass is 19.1. The first-order valence-corrected chi connectivity index (χ1v) is 11.4. The maximum atomic E-state index is 13.7. The van der Waals surface area contributed by atoms with Gasteiger partial charge < -0.3 is 4.74 Å². The molecule has 3 rings (SSSR count). The number of ketones is 2. The van der Waals surface area contributed by atoms with Crippen molar-refractivity contribution in [1.29, 1.82) is 0 Å². The number of fused-ring (bicyclic) bond motifs is 1. The number of allylic oxidation sites excluding steroid dienone is 1. The fourth-order valence-corrected chi connectivity index (χ4v) is 3.78. The van der Waals surface area contributed by atoms with Gasteiger partial charge in [-0.15, -0.1) is 0 Å². The maximum absolute atomic E-state index is 13.7. The van der Waals surface area contributed by atoms with Crippen LogP contribution >= 0.6 is 0 Å². The van der Waals surface area contributed by atoms with Crippen LogP contribution in [0.1, 0.15) is 57.2 Å². The Labute approximate surface area is 198 Å². The number of carbonyl (C=O) groups excluding carboxylic acids is 3. The second kappa shape index (κ2) is 11.5. The van der Waals surface area contributed by atoms with Crippen molar-refractivity contribution in [3.63, 3.8) is 0 Å². The molecule has 6 heteroatoms. The average Bonchev–Trinajstić information content (AvgIpc) is 2.82. The van der Waals surface area contributed by atoms with Gasteiger partial charge in [0.2, 0.25) is 0 Å². The van der Waals surface area contributed by atoms with Gasteiger partial charge in [0.05, 0.1) is 24.2 Å². The molecule has 2 aromatic carbocycles. The highest BCUT2D eigenvalue weighted by Crippen LogP contribution is 2.37. The highest BCUT2D eigenvalue weighted by molar-refractivity contribution is 6.10. The van der Waals surface area contributed by atoms with Gasteiger partial charge in [0.1, 0.15) is 12.2 Å². The molecule has 0 spiro atoms. The lowest BCUT2D eigenvalue weighted by Crippen LogP contribution is -2.13. The summed E-state index contributed by atoms with van der Waals surface area (Å²) in [6.07, 6.45) is 3.05. The van der Waals surface area contributed by atoms with Gasteiger partial charge in [0.25, 0.3) is 0 Å². The predicted octanol–water partition coefficient (Wildman–Crippen LogP) is 6.05. The summed E-state index contributed by atoms with van der Waals surface area (Å²) in [5, 5.41) is 0.881. The maximum Gasteiger partial charge on any atom is 0.313 e. The number of para-hydroxylation sites is 1. The van der Waals surface area contributed by atoms with Crippen LogP contribution in [0.5, 0.6) is 0 Å². The second-order valence-corrected chi connectivity index (χ2v) is 8.12. The SMILES string of the molecule is CCOC(=O)CC(=O)CC(=O)/C=C/c1c(C(C)CC)nc2ccccc2c1-c1ccc(F)cc1. The van der Waals surface area contributed by atoms with Crippen molar-refractivity contribution in [3.8, 4) is 11.1 Å². The Kier molecular flexibility index (Phi) is 8.41. The van der Waals surface area contributed by atoms with E-state index in [0.29, 0.717) is 0 Å². The van der Waals surface area contributed by atoms with E-state index in [-0.39, 0.29) is 24.8 Å². The quantitative estimate of drug-likeness (QED) is 0.209. The molecule has 1 unspecified atom stereocenters. The summed E-state index contributed by atoms with van der Waals surface area (Å²) in [6.45, 7) is 5.96. The highest BCUT2D eigenvalue weighted by Gasteiger charge is 2.19. The van der Waals surface area contributed by atoms with Gasteiger partial charge in [-0.2, -0.15) is 0 Å². The number of ether oxygens (including phenoxy) is 1. The molecule has 0 bridgehead atoms. The number of aromatic nitrogens is 1. The van der Waals surface area contributed by atoms with E-state index < -0.39 is 24.0 Å². The minimum Gasteiger partial charge on any atom is -0.466 e.